The van der Waals surface area contributed by atoms with Crippen LogP contribution in [0.25, 0.3) is 23.2 Å². The lowest BCUT2D eigenvalue weighted by Crippen LogP contribution is -2.15. The molecule has 0 aliphatic carbocycles. The van der Waals surface area contributed by atoms with E-state index in [9.17, 15) is 26.7 Å². The molecule has 2 N–H and O–H groups in total. The third-order valence-corrected chi connectivity index (χ3v) is 3.76. The lowest BCUT2D eigenvalue weighted by molar-refractivity contribution is -0.137. The van der Waals surface area contributed by atoms with Gasteiger partial charge in [-0.15, -0.1) is 5.10 Å². The van der Waals surface area contributed by atoms with Gasteiger partial charge in [0.05, 0.1) is 16.8 Å². The van der Waals surface area contributed by atoms with Crippen molar-refractivity contribution in [1.82, 2.24) is 19.7 Å². The van der Waals surface area contributed by atoms with E-state index in [2.05, 4.69) is 15.1 Å². The molecular formula is C18H12F5N5O. The summed E-state index contributed by atoms with van der Waals surface area (Å²) in [6.07, 6.45) is -2.47. The highest BCUT2D eigenvalue weighted by Crippen LogP contribution is 2.33. The molecule has 2 aromatic heterocycles. The zero-order valence-corrected chi connectivity index (χ0v) is 14.5. The van der Waals surface area contributed by atoms with E-state index in [1.165, 1.54) is 18.2 Å². The van der Waals surface area contributed by atoms with Crippen molar-refractivity contribution in [1.29, 1.82) is 0 Å². The summed E-state index contributed by atoms with van der Waals surface area (Å²) < 4.78 is 66.3. The average Bonchev–Trinajstić information content (AvgIpc) is 3.13. The summed E-state index contributed by atoms with van der Waals surface area (Å²) in [6, 6.07) is 6.40. The van der Waals surface area contributed by atoms with Crippen LogP contribution in [0.4, 0.5) is 22.0 Å². The van der Waals surface area contributed by atoms with Crippen molar-refractivity contribution in [2.24, 2.45) is 5.73 Å². The Morgan fingerprint density at radius 1 is 1.21 bits per heavy atom. The molecule has 0 aliphatic rings. The summed E-state index contributed by atoms with van der Waals surface area (Å²) in [5.74, 6) is -1.91. The van der Waals surface area contributed by atoms with Crippen LogP contribution in [0.15, 0.2) is 42.7 Å². The minimum Gasteiger partial charge on any atom is -0.365 e. The molecule has 29 heavy (non-hydrogen) atoms. The van der Waals surface area contributed by atoms with Crippen LogP contribution in [0.2, 0.25) is 0 Å². The zero-order valence-electron chi connectivity index (χ0n) is 14.5. The molecular weight excluding hydrogens is 397 g/mol. The Labute approximate surface area is 160 Å². The number of primary amides is 1. The van der Waals surface area contributed by atoms with Crippen molar-refractivity contribution in [3.8, 4) is 11.4 Å². The Bertz CT molecular complexity index is 1090. The van der Waals surface area contributed by atoms with Gasteiger partial charge < -0.3 is 5.73 Å². The maximum atomic E-state index is 13.3. The Kier molecular flexibility index (Phi) is 5.39. The number of halogens is 5. The summed E-state index contributed by atoms with van der Waals surface area (Å²) >= 11 is 0. The maximum absolute atomic E-state index is 13.3. The number of pyridine rings is 1. The standard InChI is InChI=1S/C18H12F5N5O/c19-7-10-4-11(6-12(5-10)18(21,22)23)17-25-9-28(27-17)8-13(16(24)29)14-2-1-3-15(20)26-14/h1-6,8-9H,7H2,(H2,24,29)/b13-8-. The highest BCUT2D eigenvalue weighted by Gasteiger charge is 2.31. The minimum atomic E-state index is -4.68. The predicted octanol–water partition coefficient (Wildman–Crippen LogP) is 3.45. The van der Waals surface area contributed by atoms with E-state index in [0.717, 1.165) is 29.3 Å². The van der Waals surface area contributed by atoms with E-state index in [1.807, 2.05) is 0 Å². The van der Waals surface area contributed by atoms with Gasteiger partial charge in [-0.25, -0.2) is 19.0 Å². The van der Waals surface area contributed by atoms with Gasteiger partial charge in [0.2, 0.25) is 5.95 Å². The number of carbonyl (C=O) groups is 1. The van der Waals surface area contributed by atoms with Crippen LogP contribution in [-0.2, 0) is 17.6 Å². The van der Waals surface area contributed by atoms with Crippen LogP contribution in [0, 0.1) is 5.95 Å². The van der Waals surface area contributed by atoms with Crippen LogP contribution in [-0.4, -0.2) is 25.7 Å². The molecule has 0 saturated carbocycles. The minimum absolute atomic E-state index is 0.0617. The normalized spacial score (nSPS) is 12.2. The first-order valence-corrected chi connectivity index (χ1v) is 8.00. The third kappa shape index (κ3) is 4.62. The summed E-state index contributed by atoms with van der Waals surface area (Å²) in [4.78, 5) is 19.1. The predicted molar refractivity (Wildman–Crippen MR) is 92.8 cm³/mol. The zero-order chi connectivity index (χ0) is 21.2. The number of nitrogens with two attached hydrogens (primary N) is 1. The van der Waals surface area contributed by atoms with Crippen molar-refractivity contribution in [2.75, 3.05) is 0 Å². The van der Waals surface area contributed by atoms with E-state index < -0.39 is 30.3 Å². The number of amides is 1. The van der Waals surface area contributed by atoms with E-state index >= 15 is 0 Å². The van der Waals surface area contributed by atoms with Gasteiger partial charge >= 0.3 is 6.18 Å². The first kappa shape index (κ1) is 20.1. The van der Waals surface area contributed by atoms with Gasteiger partial charge in [0.25, 0.3) is 5.91 Å². The van der Waals surface area contributed by atoms with Crippen LogP contribution in [0.5, 0.6) is 0 Å². The van der Waals surface area contributed by atoms with Gasteiger partial charge in [-0.1, -0.05) is 6.07 Å². The molecule has 0 radical (unpaired) electrons. The second kappa shape index (κ2) is 7.78. The summed E-state index contributed by atoms with van der Waals surface area (Å²) in [5, 5.41) is 3.96. The molecule has 150 valence electrons. The van der Waals surface area contributed by atoms with Gasteiger partial charge in [0, 0.05) is 11.8 Å². The smallest absolute Gasteiger partial charge is 0.365 e. The van der Waals surface area contributed by atoms with E-state index in [-0.39, 0.29) is 28.2 Å². The molecule has 0 saturated heterocycles. The first-order chi connectivity index (χ1) is 13.7. The third-order valence-electron chi connectivity index (χ3n) is 3.76. The SMILES string of the molecule is NC(=O)/C(=C\n1cnc(-c2cc(CF)cc(C(F)(F)F)c2)n1)c1cccc(F)n1. The first-order valence-electron chi connectivity index (χ1n) is 8.00. The lowest BCUT2D eigenvalue weighted by atomic mass is 10.1. The molecule has 0 bridgehead atoms. The van der Waals surface area contributed by atoms with Crippen molar-refractivity contribution >= 4 is 17.7 Å². The van der Waals surface area contributed by atoms with E-state index in [0.29, 0.717) is 6.07 Å². The molecule has 1 aromatic carbocycles. The molecule has 0 unspecified atom stereocenters. The molecule has 11 heteroatoms. The molecule has 0 atom stereocenters. The Morgan fingerprint density at radius 2 is 1.97 bits per heavy atom. The molecule has 0 fully saturated rings. The van der Waals surface area contributed by atoms with Crippen molar-refractivity contribution in [3.63, 3.8) is 0 Å². The number of rotatable bonds is 5. The van der Waals surface area contributed by atoms with E-state index in [4.69, 9.17) is 5.73 Å². The highest BCUT2D eigenvalue weighted by molar-refractivity contribution is 6.21. The largest absolute Gasteiger partial charge is 0.416 e. The maximum Gasteiger partial charge on any atom is 0.416 e. The van der Waals surface area contributed by atoms with Gasteiger partial charge in [0.1, 0.15) is 13.0 Å². The molecule has 3 aromatic rings. The monoisotopic (exact) mass is 409 g/mol. The fraction of sp³-hybridized carbons (Fsp3) is 0.111. The fourth-order valence-electron chi connectivity index (χ4n) is 2.48. The molecule has 3 rings (SSSR count). The molecule has 0 spiro atoms. The quantitative estimate of drug-likeness (QED) is 0.397. The van der Waals surface area contributed by atoms with Crippen molar-refractivity contribution < 1.29 is 26.7 Å². The number of benzene rings is 1. The summed E-state index contributed by atoms with van der Waals surface area (Å²) in [5.41, 5.74) is 3.73. The van der Waals surface area contributed by atoms with Gasteiger partial charge in [-0.05, 0) is 35.9 Å². The molecule has 6 nitrogen and oxygen atoms in total. The fourth-order valence-corrected chi connectivity index (χ4v) is 2.48. The molecule has 0 aliphatic heterocycles. The van der Waals surface area contributed by atoms with Gasteiger partial charge in [-0.2, -0.15) is 17.6 Å². The van der Waals surface area contributed by atoms with Crippen molar-refractivity contribution in [2.45, 2.75) is 12.9 Å². The van der Waals surface area contributed by atoms with E-state index in [1.54, 1.807) is 0 Å². The Hall–Kier alpha value is -3.63. The Balaban J connectivity index is 2.02. The number of alkyl halides is 4. The van der Waals surface area contributed by atoms with Crippen LogP contribution in [0.1, 0.15) is 16.8 Å². The topological polar surface area (TPSA) is 86.7 Å². The second-order valence-corrected chi connectivity index (χ2v) is 5.85. The van der Waals surface area contributed by atoms with Crippen molar-refractivity contribution in [3.05, 3.63) is 65.5 Å². The van der Waals surface area contributed by atoms with Crippen LogP contribution >= 0.6 is 0 Å². The number of hydrogen-bond acceptors (Lipinski definition) is 4. The summed E-state index contributed by atoms with van der Waals surface area (Å²) in [7, 11) is 0. The van der Waals surface area contributed by atoms with Crippen LogP contribution in [0.3, 0.4) is 0 Å². The number of nitrogens with zero attached hydrogens (tertiary/aromatic N) is 4. The number of hydrogen-bond donors (Lipinski definition) is 1. The average molecular weight is 409 g/mol. The second-order valence-electron chi connectivity index (χ2n) is 5.85. The number of carbonyl (C=O) groups excluding carboxylic acids is 1. The summed E-state index contributed by atoms with van der Waals surface area (Å²) in [6.45, 7) is -1.10. The van der Waals surface area contributed by atoms with Gasteiger partial charge in [0.15, 0.2) is 5.82 Å². The van der Waals surface area contributed by atoms with Crippen LogP contribution < -0.4 is 5.73 Å². The van der Waals surface area contributed by atoms with Gasteiger partial charge in [-0.3, -0.25) is 4.79 Å². The lowest BCUT2D eigenvalue weighted by Gasteiger charge is -2.09. The highest BCUT2D eigenvalue weighted by atomic mass is 19.4. The molecule has 1 amide bonds. The number of aromatic nitrogens is 4. The Morgan fingerprint density at radius 3 is 2.59 bits per heavy atom. The molecule has 2 heterocycles.